The fourth-order valence-corrected chi connectivity index (χ4v) is 8.44. The molecule has 3 aliphatic carbocycles. The van der Waals surface area contributed by atoms with Crippen molar-refractivity contribution in [1.29, 1.82) is 0 Å². The highest BCUT2D eigenvalue weighted by Crippen LogP contribution is 2.61. The summed E-state index contributed by atoms with van der Waals surface area (Å²) < 4.78 is 6.04. The van der Waals surface area contributed by atoms with Crippen LogP contribution >= 0.6 is 0 Å². The Balaban J connectivity index is 1.48. The molecule has 10 heteroatoms. The van der Waals surface area contributed by atoms with Gasteiger partial charge in [-0.2, -0.15) is 5.06 Å². The van der Waals surface area contributed by atoms with Gasteiger partial charge in [0.25, 0.3) is 5.91 Å². The Morgan fingerprint density at radius 3 is 2.53 bits per heavy atom. The second kappa shape index (κ2) is 14.1. The van der Waals surface area contributed by atoms with Crippen molar-refractivity contribution < 1.29 is 24.3 Å². The Hall–Kier alpha value is -3.18. The minimum Gasteiger partial charge on any atom is -0.496 e. The molecule has 1 aliphatic heterocycles. The van der Waals surface area contributed by atoms with E-state index < -0.39 is 18.1 Å². The van der Waals surface area contributed by atoms with Crippen LogP contribution in [0, 0.1) is 29.1 Å². The molecule has 2 aromatic rings. The molecule has 2 amide bonds. The van der Waals surface area contributed by atoms with Gasteiger partial charge in [-0.1, -0.05) is 45.9 Å². The van der Waals surface area contributed by atoms with E-state index in [1.807, 2.05) is 62.3 Å². The number of ether oxygens (including phenoxy) is 1. The average Bonchev–Trinajstić information content (AvgIpc) is 3.41. The molecule has 47 heavy (non-hydrogen) atoms. The van der Waals surface area contributed by atoms with E-state index in [4.69, 9.17) is 9.57 Å². The monoisotopic (exact) mass is 649 g/mol. The standard InChI is InChI=1S/C37H55N5O5/c1-10-39-19-31-32(22(3)43)33(36(45)40-30-18-26-17-29(21(30)2)37(26,4)5)42(47-31)20-23-12-11-13-28(34(23)46-9)24-14-25(35(44)38-6)16-27(15-24)41(7)8/h11-16,21-22,26,29-33,39,43H,10,17-20H2,1-9H3,(H,38,44)(H,40,45)/t21-,22-,26+,29-,30-,31-,32+,33-/m0/s1. The Bertz CT molecular complexity index is 1440. The van der Waals surface area contributed by atoms with E-state index in [0.29, 0.717) is 41.0 Å². The summed E-state index contributed by atoms with van der Waals surface area (Å²) in [5, 5.41) is 22.3. The first kappa shape index (κ1) is 35.1. The molecule has 1 saturated heterocycles. The molecule has 0 unspecified atom stereocenters. The minimum atomic E-state index is -0.763. The molecule has 6 rings (SSSR count). The number of nitrogens with zero attached hydrogens (tertiary/aromatic N) is 2. The van der Waals surface area contributed by atoms with Gasteiger partial charge in [0.1, 0.15) is 11.8 Å². The van der Waals surface area contributed by atoms with Gasteiger partial charge in [0, 0.05) is 62.0 Å². The lowest BCUT2D eigenvalue weighted by Gasteiger charge is -2.62. The number of fused-ring (bicyclic) bond motifs is 2. The number of hydroxylamine groups is 2. The molecule has 10 nitrogen and oxygen atoms in total. The van der Waals surface area contributed by atoms with Crippen molar-refractivity contribution in [3.8, 4) is 16.9 Å². The van der Waals surface area contributed by atoms with Gasteiger partial charge in [0.05, 0.1) is 25.9 Å². The summed E-state index contributed by atoms with van der Waals surface area (Å²) in [6, 6.07) is 11.1. The van der Waals surface area contributed by atoms with E-state index in [9.17, 15) is 14.7 Å². The van der Waals surface area contributed by atoms with Gasteiger partial charge in [-0.3, -0.25) is 14.4 Å². The van der Waals surface area contributed by atoms with Crippen LogP contribution in [0.3, 0.4) is 0 Å². The highest BCUT2D eigenvalue weighted by atomic mass is 16.7. The summed E-state index contributed by atoms with van der Waals surface area (Å²) in [6.07, 6.45) is 1.06. The van der Waals surface area contributed by atoms with Gasteiger partial charge >= 0.3 is 0 Å². The van der Waals surface area contributed by atoms with E-state index in [0.717, 1.165) is 35.3 Å². The predicted octanol–water partition coefficient (Wildman–Crippen LogP) is 4.07. The van der Waals surface area contributed by atoms with Crippen LogP contribution in [0.25, 0.3) is 11.1 Å². The molecule has 2 bridgehead atoms. The molecule has 258 valence electrons. The number of aliphatic hydroxyl groups excluding tert-OH is 1. The number of benzene rings is 2. The number of hydrogen-bond acceptors (Lipinski definition) is 8. The van der Waals surface area contributed by atoms with E-state index in [1.165, 1.54) is 6.42 Å². The molecule has 4 fully saturated rings. The summed E-state index contributed by atoms with van der Waals surface area (Å²) in [5.74, 6) is 1.52. The van der Waals surface area contributed by atoms with Crippen molar-refractivity contribution in [2.24, 2.45) is 29.1 Å². The number of carbonyl (C=O) groups is 2. The largest absolute Gasteiger partial charge is 0.496 e. The minimum absolute atomic E-state index is 0.0972. The van der Waals surface area contributed by atoms with E-state index >= 15 is 0 Å². The van der Waals surface area contributed by atoms with Crippen LogP contribution in [0.4, 0.5) is 5.69 Å². The fraction of sp³-hybridized carbons (Fsp3) is 0.622. The van der Waals surface area contributed by atoms with Gasteiger partial charge in [0.15, 0.2) is 0 Å². The molecule has 4 N–H and O–H groups in total. The van der Waals surface area contributed by atoms with Gasteiger partial charge < -0.3 is 30.7 Å². The van der Waals surface area contributed by atoms with Crippen LogP contribution in [-0.2, 0) is 16.2 Å². The Morgan fingerprint density at radius 2 is 1.94 bits per heavy atom. The van der Waals surface area contributed by atoms with Crippen molar-refractivity contribution >= 4 is 17.5 Å². The van der Waals surface area contributed by atoms with Crippen molar-refractivity contribution in [2.45, 2.75) is 78.3 Å². The molecule has 2 aromatic carbocycles. The normalized spacial score (nSPS) is 28.7. The average molecular weight is 650 g/mol. The summed E-state index contributed by atoms with van der Waals surface area (Å²) in [4.78, 5) is 35.5. The van der Waals surface area contributed by atoms with Crippen LogP contribution in [0.2, 0.25) is 0 Å². The van der Waals surface area contributed by atoms with Crippen LogP contribution in [0.1, 0.15) is 63.4 Å². The summed E-state index contributed by atoms with van der Waals surface area (Å²) in [6.45, 7) is 12.3. The maximum atomic E-state index is 14.3. The number of methoxy groups -OCH3 is 1. The lowest BCUT2D eigenvalue weighted by atomic mass is 9.45. The van der Waals surface area contributed by atoms with Crippen molar-refractivity contribution in [3.05, 3.63) is 47.5 Å². The Morgan fingerprint density at radius 1 is 1.19 bits per heavy atom. The Kier molecular flexibility index (Phi) is 10.6. The second-order valence-corrected chi connectivity index (χ2v) is 14.6. The molecular formula is C37H55N5O5. The first-order chi connectivity index (χ1) is 22.3. The fourth-order valence-electron chi connectivity index (χ4n) is 8.44. The zero-order chi connectivity index (χ0) is 34.2. The lowest BCUT2D eigenvalue weighted by molar-refractivity contribution is -0.176. The summed E-state index contributed by atoms with van der Waals surface area (Å²) in [5.41, 5.74) is 4.25. The summed E-state index contributed by atoms with van der Waals surface area (Å²) in [7, 11) is 7.14. The van der Waals surface area contributed by atoms with Crippen molar-refractivity contribution in [1.82, 2.24) is 21.0 Å². The molecular weight excluding hydrogens is 594 g/mol. The van der Waals surface area contributed by atoms with Crippen molar-refractivity contribution in [2.75, 3.05) is 46.2 Å². The number of hydrogen-bond donors (Lipinski definition) is 4. The van der Waals surface area contributed by atoms with Crippen LogP contribution in [-0.4, -0.2) is 87.6 Å². The van der Waals surface area contributed by atoms with Crippen LogP contribution in [0.5, 0.6) is 5.75 Å². The first-order valence-electron chi connectivity index (χ1n) is 17.2. The van der Waals surface area contributed by atoms with Crippen LogP contribution < -0.4 is 25.6 Å². The number of rotatable bonds is 12. The predicted molar refractivity (Wildman–Crippen MR) is 185 cm³/mol. The molecule has 0 spiro atoms. The third-order valence-electron chi connectivity index (χ3n) is 11.3. The number of carbonyl (C=O) groups excluding carboxylic acids is 2. The third kappa shape index (κ3) is 6.75. The molecule has 0 radical (unpaired) electrons. The zero-order valence-electron chi connectivity index (χ0n) is 29.6. The van der Waals surface area contributed by atoms with Crippen LogP contribution in [0.15, 0.2) is 36.4 Å². The molecule has 1 heterocycles. The molecule has 4 aliphatic rings. The molecule has 3 saturated carbocycles. The number of nitrogens with one attached hydrogen (secondary N) is 3. The van der Waals surface area contributed by atoms with E-state index in [2.05, 4.69) is 36.7 Å². The number of amides is 2. The van der Waals surface area contributed by atoms with Gasteiger partial charge in [0.2, 0.25) is 5.91 Å². The van der Waals surface area contributed by atoms with Crippen molar-refractivity contribution in [3.63, 3.8) is 0 Å². The maximum Gasteiger partial charge on any atom is 0.251 e. The van der Waals surface area contributed by atoms with Gasteiger partial charge in [-0.05, 0) is 73.2 Å². The highest BCUT2D eigenvalue weighted by molar-refractivity contribution is 5.97. The van der Waals surface area contributed by atoms with E-state index in [1.54, 1.807) is 26.1 Å². The van der Waals surface area contributed by atoms with Gasteiger partial charge in [-0.15, -0.1) is 0 Å². The second-order valence-electron chi connectivity index (χ2n) is 14.6. The maximum absolute atomic E-state index is 14.3. The number of likely N-dealkylation sites (N-methyl/N-ethyl adjacent to an activating group) is 1. The zero-order valence-corrected chi connectivity index (χ0v) is 29.6. The third-order valence-corrected chi connectivity index (χ3v) is 11.3. The lowest BCUT2D eigenvalue weighted by Crippen LogP contribution is -2.62. The number of aliphatic hydroxyl groups is 1. The van der Waals surface area contributed by atoms with Gasteiger partial charge in [-0.25, -0.2) is 0 Å². The topological polar surface area (TPSA) is 115 Å². The number of para-hydroxylation sites is 1. The smallest absolute Gasteiger partial charge is 0.251 e. The quantitative estimate of drug-likeness (QED) is 0.272. The highest BCUT2D eigenvalue weighted by Gasteiger charge is 2.57. The molecule has 8 atom stereocenters. The SMILES string of the molecule is CCNC[C@@H]1ON(Cc2cccc(-c3cc(C(=O)NC)cc(N(C)C)c3)c2OC)[C@H](C(=O)N[C@H]2C[C@H]3C[C@@H]([C@@H]2C)C3(C)C)[C@@H]1[C@H](C)O. The summed E-state index contributed by atoms with van der Waals surface area (Å²) >= 11 is 0. The molecule has 0 aromatic heterocycles. The first-order valence-corrected chi connectivity index (χ1v) is 17.2. The number of anilines is 1. The Labute approximate surface area is 280 Å². The van der Waals surface area contributed by atoms with E-state index in [-0.39, 0.29) is 30.5 Å².